The van der Waals surface area contributed by atoms with Gasteiger partial charge in [0.1, 0.15) is 18.5 Å². The molecular weight excluding hydrogens is 308 g/mol. The van der Waals surface area contributed by atoms with Crippen molar-refractivity contribution < 1.29 is 0 Å². The number of hydrogen-bond donors (Lipinski definition) is 0. The maximum Gasteiger partial charge on any atom is 0.137 e. The standard InChI is InChI=1S/C16H20N6S/c1-13-2-3-15(23-13)10-20-5-4-16-18-8-14(22(16)7-6-20)9-21-12-17-11-19-21/h2-3,8,11-12H,4-7,9-10H2,1H3. The fourth-order valence-electron chi connectivity index (χ4n) is 3.09. The van der Waals surface area contributed by atoms with Crippen LogP contribution in [0.25, 0.3) is 0 Å². The Morgan fingerprint density at radius 3 is 2.91 bits per heavy atom. The smallest absolute Gasteiger partial charge is 0.137 e. The molecule has 3 aromatic heterocycles. The highest BCUT2D eigenvalue weighted by atomic mass is 32.1. The summed E-state index contributed by atoms with van der Waals surface area (Å²) in [5.74, 6) is 1.19. The Labute approximate surface area is 139 Å². The van der Waals surface area contributed by atoms with Crippen LogP contribution in [-0.4, -0.2) is 42.3 Å². The van der Waals surface area contributed by atoms with Crippen molar-refractivity contribution in [3.8, 4) is 0 Å². The first-order chi connectivity index (χ1) is 11.3. The molecule has 0 atom stereocenters. The lowest BCUT2D eigenvalue weighted by Crippen LogP contribution is -2.26. The molecule has 0 fully saturated rings. The summed E-state index contributed by atoms with van der Waals surface area (Å²) in [4.78, 5) is 14.0. The summed E-state index contributed by atoms with van der Waals surface area (Å²) in [6, 6.07) is 4.46. The normalized spacial score (nSPS) is 15.5. The molecule has 0 N–H and O–H groups in total. The van der Waals surface area contributed by atoms with Crippen LogP contribution in [0.1, 0.15) is 21.3 Å². The van der Waals surface area contributed by atoms with Gasteiger partial charge >= 0.3 is 0 Å². The number of fused-ring (bicyclic) bond motifs is 1. The summed E-state index contributed by atoms with van der Waals surface area (Å²) in [5, 5.41) is 4.19. The molecule has 0 saturated heterocycles. The van der Waals surface area contributed by atoms with E-state index in [9.17, 15) is 0 Å². The van der Waals surface area contributed by atoms with Crippen LogP contribution in [-0.2, 0) is 26.1 Å². The van der Waals surface area contributed by atoms with E-state index >= 15 is 0 Å². The fourth-order valence-corrected chi connectivity index (χ4v) is 4.03. The maximum absolute atomic E-state index is 4.62. The predicted molar refractivity (Wildman–Crippen MR) is 89.4 cm³/mol. The molecule has 0 radical (unpaired) electrons. The topological polar surface area (TPSA) is 51.8 Å². The van der Waals surface area contributed by atoms with E-state index in [0.29, 0.717) is 0 Å². The van der Waals surface area contributed by atoms with Crippen LogP contribution >= 0.6 is 11.3 Å². The summed E-state index contributed by atoms with van der Waals surface area (Å²) in [5.41, 5.74) is 1.21. The second-order valence-electron chi connectivity index (χ2n) is 5.95. The van der Waals surface area contributed by atoms with Gasteiger partial charge in [0, 0.05) is 42.4 Å². The van der Waals surface area contributed by atoms with Crippen LogP contribution in [0.4, 0.5) is 0 Å². The van der Waals surface area contributed by atoms with Gasteiger partial charge in [-0.3, -0.25) is 4.90 Å². The molecule has 7 heteroatoms. The molecule has 0 aromatic carbocycles. The Hall–Kier alpha value is -1.99. The molecular formula is C16H20N6S. The number of aryl methyl sites for hydroxylation is 1. The Morgan fingerprint density at radius 1 is 1.17 bits per heavy atom. The van der Waals surface area contributed by atoms with Gasteiger partial charge in [0.2, 0.25) is 0 Å². The lowest BCUT2D eigenvalue weighted by molar-refractivity contribution is 0.273. The van der Waals surface area contributed by atoms with Crippen LogP contribution in [0.2, 0.25) is 0 Å². The zero-order valence-electron chi connectivity index (χ0n) is 13.2. The van der Waals surface area contributed by atoms with Gasteiger partial charge in [0.05, 0.1) is 18.4 Å². The van der Waals surface area contributed by atoms with Gasteiger partial charge in [-0.15, -0.1) is 11.3 Å². The summed E-state index contributed by atoms with van der Waals surface area (Å²) < 4.78 is 4.20. The van der Waals surface area contributed by atoms with Crippen molar-refractivity contribution in [3.05, 3.63) is 52.3 Å². The number of aromatic nitrogens is 5. The summed E-state index contributed by atoms with van der Waals surface area (Å²) in [6.07, 6.45) is 6.31. The minimum absolute atomic E-state index is 0.733. The minimum Gasteiger partial charge on any atom is -0.329 e. The van der Waals surface area contributed by atoms with Crippen molar-refractivity contribution in [3.63, 3.8) is 0 Å². The molecule has 1 aliphatic rings. The van der Waals surface area contributed by atoms with Gasteiger partial charge in [-0.2, -0.15) is 5.10 Å². The molecule has 0 spiro atoms. The van der Waals surface area contributed by atoms with E-state index in [0.717, 1.165) is 39.1 Å². The monoisotopic (exact) mass is 328 g/mol. The number of thiophene rings is 1. The Balaban J connectivity index is 1.45. The first kappa shape index (κ1) is 14.6. The Kier molecular flexibility index (Phi) is 3.97. The molecule has 120 valence electrons. The van der Waals surface area contributed by atoms with Crippen LogP contribution in [0, 0.1) is 6.92 Å². The third kappa shape index (κ3) is 3.20. The van der Waals surface area contributed by atoms with E-state index in [1.165, 1.54) is 21.3 Å². The minimum atomic E-state index is 0.733. The van der Waals surface area contributed by atoms with E-state index in [1.54, 1.807) is 12.7 Å². The van der Waals surface area contributed by atoms with Gasteiger partial charge in [-0.1, -0.05) is 0 Å². The van der Waals surface area contributed by atoms with Gasteiger partial charge in [0.25, 0.3) is 0 Å². The molecule has 4 rings (SSSR count). The zero-order valence-corrected chi connectivity index (χ0v) is 14.0. The quantitative estimate of drug-likeness (QED) is 0.734. The number of rotatable bonds is 4. The molecule has 4 heterocycles. The fraction of sp³-hybridized carbons (Fsp3) is 0.438. The van der Waals surface area contributed by atoms with E-state index in [-0.39, 0.29) is 0 Å². The van der Waals surface area contributed by atoms with Crippen LogP contribution in [0.3, 0.4) is 0 Å². The summed E-state index contributed by atoms with van der Waals surface area (Å²) in [7, 11) is 0. The highest BCUT2D eigenvalue weighted by molar-refractivity contribution is 7.11. The molecule has 0 bridgehead atoms. The molecule has 23 heavy (non-hydrogen) atoms. The first-order valence-electron chi connectivity index (χ1n) is 7.91. The zero-order chi connectivity index (χ0) is 15.6. The van der Waals surface area contributed by atoms with Crippen LogP contribution < -0.4 is 0 Å². The highest BCUT2D eigenvalue weighted by Crippen LogP contribution is 2.19. The summed E-state index contributed by atoms with van der Waals surface area (Å²) in [6.45, 7) is 7.06. The van der Waals surface area contributed by atoms with Crippen molar-refractivity contribution in [1.29, 1.82) is 0 Å². The van der Waals surface area contributed by atoms with Gasteiger partial charge in [-0.25, -0.2) is 14.6 Å². The second kappa shape index (κ2) is 6.25. The number of imidazole rings is 1. The SMILES string of the molecule is Cc1ccc(CN2CCc3ncc(Cn4cncn4)n3CC2)s1. The average Bonchev–Trinajstić information content (AvgIpc) is 3.24. The van der Waals surface area contributed by atoms with Gasteiger partial charge in [0.15, 0.2) is 0 Å². The molecule has 6 nitrogen and oxygen atoms in total. The van der Waals surface area contributed by atoms with E-state index in [4.69, 9.17) is 0 Å². The van der Waals surface area contributed by atoms with Crippen molar-refractivity contribution in [1.82, 2.24) is 29.2 Å². The van der Waals surface area contributed by atoms with Crippen LogP contribution in [0.15, 0.2) is 31.0 Å². The van der Waals surface area contributed by atoms with Crippen molar-refractivity contribution in [2.75, 3.05) is 13.1 Å². The molecule has 3 aromatic rings. The van der Waals surface area contributed by atoms with Crippen LogP contribution in [0.5, 0.6) is 0 Å². The Bertz CT molecular complexity index is 772. The predicted octanol–water partition coefficient (Wildman–Crippen LogP) is 1.95. The second-order valence-corrected chi connectivity index (χ2v) is 7.32. The van der Waals surface area contributed by atoms with Crippen molar-refractivity contribution in [2.45, 2.75) is 33.0 Å². The van der Waals surface area contributed by atoms with Gasteiger partial charge in [-0.05, 0) is 19.1 Å². The van der Waals surface area contributed by atoms with E-state index in [1.807, 2.05) is 22.2 Å². The van der Waals surface area contributed by atoms with Crippen molar-refractivity contribution in [2.24, 2.45) is 0 Å². The molecule has 0 aliphatic carbocycles. The summed E-state index contributed by atoms with van der Waals surface area (Å²) >= 11 is 1.90. The van der Waals surface area contributed by atoms with E-state index < -0.39 is 0 Å². The molecule has 1 aliphatic heterocycles. The largest absolute Gasteiger partial charge is 0.329 e. The third-order valence-electron chi connectivity index (χ3n) is 4.28. The average molecular weight is 328 g/mol. The lowest BCUT2D eigenvalue weighted by Gasteiger charge is -2.18. The third-order valence-corrected chi connectivity index (χ3v) is 5.26. The Morgan fingerprint density at radius 2 is 2.13 bits per heavy atom. The van der Waals surface area contributed by atoms with E-state index in [2.05, 4.69) is 43.6 Å². The molecule has 0 amide bonds. The maximum atomic E-state index is 4.62. The van der Waals surface area contributed by atoms with Crippen molar-refractivity contribution >= 4 is 11.3 Å². The first-order valence-corrected chi connectivity index (χ1v) is 8.73. The lowest BCUT2D eigenvalue weighted by atomic mass is 10.3. The van der Waals surface area contributed by atoms with Gasteiger partial charge < -0.3 is 4.57 Å². The molecule has 0 saturated carbocycles. The molecule has 0 unspecified atom stereocenters. The highest BCUT2D eigenvalue weighted by Gasteiger charge is 2.18. The number of nitrogens with zero attached hydrogens (tertiary/aromatic N) is 6. The number of hydrogen-bond acceptors (Lipinski definition) is 5.